The van der Waals surface area contributed by atoms with Gasteiger partial charge in [-0.1, -0.05) is 0 Å². The highest BCUT2D eigenvalue weighted by Crippen LogP contribution is 2.04. The van der Waals surface area contributed by atoms with Crippen molar-refractivity contribution in [1.29, 1.82) is 0 Å². The first-order valence-corrected chi connectivity index (χ1v) is 3.84. The van der Waals surface area contributed by atoms with E-state index in [1.165, 1.54) is 0 Å². The Morgan fingerprint density at radius 3 is 3.18 bits per heavy atom. The lowest BCUT2D eigenvalue weighted by Crippen LogP contribution is -2.44. The third-order valence-electron chi connectivity index (χ3n) is 1.80. The number of nitrogens with zero attached hydrogens (tertiary/aromatic N) is 1. The number of β-amino-alcohol motifs (C(OH)–C–C–N with tert-alkyl or cyclic N) is 1. The molecule has 0 saturated carbocycles. The molecule has 4 nitrogen and oxygen atoms in total. The molecule has 1 fully saturated rings. The fraction of sp³-hybridized carbons (Fsp3) is 1.00. The Balaban J connectivity index is 2.21. The van der Waals surface area contributed by atoms with Crippen molar-refractivity contribution in [2.24, 2.45) is 0 Å². The maximum absolute atomic E-state index is 8.65. The number of hydrogen-bond acceptors (Lipinski definition) is 4. The minimum Gasteiger partial charge on any atom is -0.395 e. The predicted octanol–water partition coefficient (Wildman–Crippen LogP) is -0.717. The Morgan fingerprint density at radius 1 is 1.73 bits per heavy atom. The summed E-state index contributed by atoms with van der Waals surface area (Å²) in [5.41, 5.74) is 0. The molecule has 1 rings (SSSR count). The molecule has 1 aliphatic rings. The van der Waals surface area contributed by atoms with Gasteiger partial charge in [-0.15, -0.1) is 0 Å². The van der Waals surface area contributed by atoms with Crippen molar-refractivity contribution in [1.82, 2.24) is 4.90 Å². The average Bonchev–Trinajstić information content (AvgIpc) is 2.06. The summed E-state index contributed by atoms with van der Waals surface area (Å²) in [7, 11) is 1.63. The highest BCUT2D eigenvalue weighted by molar-refractivity contribution is 4.64. The Morgan fingerprint density at radius 2 is 2.55 bits per heavy atom. The van der Waals surface area contributed by atoms with Gasteiger partial charge in [-0.25, -0.2) is 0 Å². The minimum atomic E-state index is -0.115. The topological polar surface area (TPSA) is 41.9 Å². The van der Waals surface area contributed by atoms with Crippen LogP contribution in [0.5, 0.6) is 0 Å². The van der Waals surface area contributed by atoms with Gasteiger partial charge < -0.3 is 14.6 Å². The summed E-state index contributed by atoms with van der Waals surface area (Å²) in [6, 6.07) is 0. The largest absolute Gasteiger partial charge is 0.395 e. The first kappa shape index (κ1) is 8.93. The number of morpholine rings is 1. The molecule has 1 atom stereocenters. The summed E-state index contributed by atoms with van der Waals surface area (Å²) in [5.74, 6) is 0. The van der Waals surface area contributed by atoms with Crippen LogP contribution in [-0.2, 0) is 9.47 Å². The van der Waals surface area contributed by atoms with E-state index < -0.39 is 0 Å². The first-order valence-electron chi connectivity index (χ1n) is 3.84. The van der Waals surface area contributed by atoms with E-state index in [-0.39, 0.29) is 12.9 Å². The summed E-state index contributed by atoms with van der Waals surface area (Å²) in [4.78, 5) is 2.12. The van der Waals surface area contributed by atoms with Gasteiger partial charge in [0.25, 0.3) is 0 Å². The van der Waals surface area contributed by atoms with Crippen molar-refractivity contribution in [2.75, 3.05) is 40.0 Å². The zero-order valence-electron chi connectivity index (χ0n) is 6.82. The number of aliphatic hydroxyl groups is 1. The lowest BCUT2D eigenvalue weighted by molar-refractivity contribution is -0.165. The third kappa shape index (κ3) is 2.75. The summed E-state index contributed by atoms with van der Waals surface area (Å²) in [6.45, 7) is 3.26. The van der Waals surface area contributed by atoms with E-state index in [4.69, 9.17) is 14.6 Å². The normalized spacial score (nSPS) is 27.3. The van der Waals surface area contributed by atoms with Crippen LogP contribution in [0.15, 0.2) is 0 Å². The van der Waals surface area contributed by atoms with Crippen molar-refractivity contribution < 1.29 is 14.6 Å². The smallest absolute Gasteiger partial charge is 0.169 e. The molecular formula is C7H15NO3. The van der Waals surface area contributed by atoms with Gasteiger partial charge in [-0.05, 0) is 0 Å². The second-order valence-electron chi connectivity index (χ2n) is 2.56. The molecule has 1 unspecified atom stereocenters. The van der Waals surface area contributed by atoms with E-state index in [0.29, 0.717) is 13.2 Å². The van der Waals surface area contributed by atoms with Crippen molar-refractivity contribution >= 4 is 0 Å². The van der Waals surface area contributed by atoms with Crippen LogP contribution in [-0.4, -0.2) is 56.3 Å². The molecule has 0 bridgehead atoms. The van der Waals surface area contributed by atoms with Gasteiger partial charge in [0.1, 0.15) is 0 Å². The molecular weight excluding hydrogens is 146 g/mol. The second-order valence-corrected chi connectivity index (χ2v) is 2.56. The molecule has 0 spiro atoms. The molecule has 1 N–H and O–H groups in total. The van der Waals surface area contributed by atoms with Gasteiger partial charge in [0.15, 0.2) is 6.29 Å². The number of aliphatic hydroxyl groups excluding tert-OH is 1. The molecule has 0 aliphatic carbocycles. The highest BCUT2D eigenvalue weighted by Gasteiger charge is 2.18. The Kier molecular flexibility index (Phi) is 3.79. The summed E-state index contributed by atoms with van der Waals surface area (Å²) in [5, 5.41) is 8.65. The van der Waals surface area contributed by atoms with Crippen LogP contribution in [0.1, 0.15) is 0 Å². The fourth-order valence-electron chi connectivity index (χ4n) is 1.16. The molecule has 1 aliphatic heterocycles. The van der Waals surface area contributed by atoms with Crippen LogP contribution in [0, 0.1) is 0 Å². The van der Waals surface area contributed by atoms with E-state index in [2.05, 4.69) is 4.90 Å². The quantitative estimate of drug-likeness (QED) is 0.593. The lowest BCUT2D eigenvalue weighted by Gasteiger charge is -2.31. The van der Waals surface area contributed by atoms with E-state index >= 15 is 0 Å². The van der Waals surface area contributed by atoms with E-state index in [1.54, 1.807) is 7.11 Å². The average molecular weight is 161 g/mol. The maximum Gasteiger partial charge on any atom is 0.169 e. The molecule has 0 aromatic rings. The van der Waals surface area contributed by atoms with Crippen molar-refractivity contribution in [2.45, 2.75) is 6.29 Å². The molecule has 4 heteroatoms. The predicted molar refractivity (Wildman–Crippen MR) is 40.3 cm³/mol. The Hall–Kier alpha value is -0.160. The molecule has 66 valence electrons. The number of hydrogen-bond donors (Lipinski definition) is 1. The molecule has 0 aromatic carbocycles. The zero-order chi connectivity index (χ0) is 8.10. The van der Waals surface area contributed by atoms with Crippen LogP contribution in [0.4, 0.5) is 0 Å². The minimum absolute atomic E-state index is 0.115. The Bertz CT molecular complexity index is 108. The van der Waals surface area contributed by atoms with Crippen molar-refractivity contribution in [3.05, 3.63) is 0 Å². The lowest BCUT2D eigenvalue weighted by atomic mass is 10.4. The molecule has 1 saturated heterocycles. The van der Waals surface area contributed by atoms with Crippen LogP contribution in [0.2, 0.25) is 0 Å². The van der Waals surface area contributed by atoms with Gasteiger partial charge in [0, 0.05) is 26.7 Å². The number of ether oxygens (including phenoxy) is 2. The molecule has 0 aromatic heterocycles. The van der Waals surface area contributed by atoms with Crippen LogP contribution >= 0.6 is 0 Å². The van der Waals surface area contributed by atoms with Crippen LogP contribution < -0.4 is 0 Å². The van der Waals surface area contributed by atoms with Gasteiger partial charge >= 0.3 is 0 Å². The molecule has 1 heterocycles. The summed E-state index contributed by atoms with van der Waals surface area (Å²) in [6.07, 6.45) is -0.115. The Labute approximate surface area is 66.7 Å². The third-order valence-corrected chi connectivity index (χ3v) is 1.80. The monoisotopic (exact) mass is 161 g/mol. The summed E-state index contributed by atoms with van der Waals surface area (Å²) < 4.78 is 10.3. The number of methoxy groups -OCH3 is 1. The van der Waals surface area contributed by atoms with Gasteiger partial charge in [-0.3, -0.25) is 4.90 Å². The summed E-state index contributed by atoms with van der Waals surface area (Å²) >= 11 is 0. The highest BCUT2D eigenvalue weighted by atomic mass is 16.7. The van der Waals surface area contributed by atoms with E-state index in [0.717, 1.165) is 13.1 Å². The SMILES string of the molecule is COC1CN(CCO)CCO1. The molecule has 11 heavy (non-hydrogen) atoms. The maximum atomic E-state index is 8.65. The standard InChI is InChI=1S/C7H15NO3/c1-10-7-6-8(2-4-9)3-5-11-7/h7,9H,2-6H2,1H3. The van der Waals surface area contributed by atoms with Crippen molar-refractivity contribution in [3.8, 4) is 0 Å². The fourth-order valence-corrected chi connectivity index (χ4v) is 1.16. The number of rotatable bonds is 3. The van der Waals surface area contributed by atoms with Gasteiger partial charge in [-0.2, -0.15) is 0 Å². The molecule has 0 amide bonds. The zero-order valence-corrected chi connectivity index (χ0v) is 6.82. The first-order chi connectivity index (χ1) is 5.36. The van der Waals surface area contributed by atoms with Gasteiger partial charge in [0.05, 0.1) is 13.2 Å². The van der Waals surface area contributed by atoms with Crippen molar-refractivity contribution in [3.63, 3.8) is 0 Å². The second kappa shape index (κ2) is 4.66. The van der Waals surface area contributed by atoms with Crippen LogP contribution in [0.3, 0.4) is 0 Å². The molecule has 0 radical (unpaired) electrons. The van der Waals surface area contributed by atoms with Crippen LogP contribution in [0.25, 0.3) is 0 Å². The van der Waals surface area contributed by atoms with E-state index in [9.17, 15) is 0 Å². The van der Waals surface area contributed by atoms with Gasteiger partial charge in [0.2, 0.25) is 0 Å². The van der Waals surface area contributed by atoms with E-state index in [1.807, 2.05) is 0 Å².